The molecular formula is C12H18O3. The van der Waals surface area contributed by atoms with Crippen molar-refractivity contribution >= 4 is 5.97 Å². The molecule has 3 nitrogen and oxygen atoms in total. The maximum atomic E-state index is 11.0. The second-order valence-electron chi connectivity index (χ2n) is 4.54. The normalized spacial score (nSPS) is 19.2. The molecule has 84 valence electrons. The Morgan fingerprint density at radius 2 is 2.00 bits per heavy atom. The van der Waals surface area contributed by atoms with Crippen molar-refractivity contribution in [1.82, 2.24) is 0 Å². The van der Waals surface area contributed by atoms with Gasteiger partial charge >= 0.3 is 5.97 Å². The number of hydrogen-bond acceptors (Lipinski definition) is 2. The third-order valence-corrected chi connectivity index (χ3v) is 3.06. The summed E-state index contributed by atoms with van der Waals surface area (Å²) in [6.07, 6.45) is 4.71. The molecule has 1 atom stereocenters. The zero-order valence-corrected chi connectivity index (χ0v) is 9.45. The van der Waals surface area contributed by atoms with Gasteiger partial charge in [0.15, 0.2) is 0 Å². The van der Waals surface area contributed by atoms with Crippen molar-refractivity contribution < 1.29 is 15.0 Å². The molecule has 1 unspecified atom stereocenters. The molecule has 1 aliphatic rings. The summed E-state index contributed by atoms with van der Waals surface area (Å²) >= 11 is 0. The highest BCUT2D eigenvalue weighted by Gasteiger charge is 2.32. The Balaban J connectivity index is 2.89. The Morgan fingerprint density at radius 1 is 1.40 bits per heavy atom. The van der Waals surface area contributed by atoms with Crippen LogP contribution in [0.4, 0.5) is 0 Å². The van der Waals surface area contributed by atoms with E-state index in [1.165, 1.54) is 0 Å². The third kappa shape index (κ3) is 2.48. The predicted octanol–water partition coefficient (Wildman–Crippen LogP) is 2.12. The maximum absolute atomic E-state index is 11.0. The summed E-state index contributed by atoms with van der Waals surface area (Å²) in [6.45, 7) is 5.15. The maximum Gasteiger partial charge on any atom is 0.313 e. The van der Waals surface area contributed by atoms with Gasteiger partial charge in [-0.2, -0.15) is 0 Å². The number of hydrogen-bond donors (Lipinski definition) is 2. The minimum absolute atomic E-state index is 0.434. The number of carboxylic acid groups (broad SMARTS) is 1. The average molecular weight is 210 g/mol. The summed E-state index contributed by atoms with van der Waals surface area (Å²) < 4.78 is 0. The van der Waals surface area contributed by atoms with E-state index >= 15 is 0 Å². The van der Waals surface area contributed by atoms with Crippen LogP contribution in [0.15, 0.2) is 23.3 Å². The van der Waals surface area contributed by atoms with Crippen LogP contribution in [0.3, 0.4) is 0 Å². The van der Waals surface area contributed by atoms with Gasteiger partial charge in [-0.3, -0.25) is 4.79 Å². The van der Waals surface area contributed by atoms with E-state index in [1.54, 1.807) is 20.8 Å². The Hall–Kier alpha value is -1.09. The minimum Gasteiger partial charge on any atom is -0.481 e. The van der Waals surface area contributed by atoms with Gasteiger partial charge in [0.2, 0.25) is 0 Å². The molecule has 0 fully saturated rings. The summed E-state index contributed by atoms with van der Waals surface area (Å²) in [5.74, 6) is -0.803. The van der Waals surface area contributed by atoms with Gasteiger partial charge in [0.05, 0.1) is 11.5 Å². The van der Waals surface area contributed by atoms with Crippen LogP contribution in [0, 0.1) is 5.41 Å². The van der Waals surface area contributed by atoms with E-state index in [2.05, 4.69) is 0 Å². The Bertz CT molecular complexity index is 322. The second kappa shape index (κ2) is 4.19. The first kappa shape index (κ1) is 12.0. The van der Waals surface area contributed by atoms with Gasteiger partial charge in [-0.15, -0.1) is 0 Å². The number of aliphatic hydroxyl groups excluding tert-OH is 1. The highest BCUT2D eigenvalue weighted by molar-refractivity contribution is 5.77. The molecule has 0 heterocycles. The molecule has 1 rings (SSSR count). The van der Waals surface area contributed by atoms with Crippen molar-refractivity contribution in [2.45, 2.75) is 39.7 Å². The molecule has 0 radical (unpaired) electrons. The van der Waals surface area contributed by atoms with E-state index in [9.17, 15) is 9.90 Å². The lowest BCUT2D eigenvalue weighted by Gasteiger charge is -2.26. The van der Waals surface area contributed by atoms with Crippen LogP contribution >= 0.6 is 0 Å². The lowest BCUT2D eigenvalue weighted by molar-refractivity contribution is -0.144. The molecule has 2 N–H and O–H groups in total. The molecular weight excluding hydrogens is 192 g/mol. The summed E-state index contributed by atoms with van der Waals surface area (Å²) in [6, 6.07) is 0. The number of carbonyl (C=O) groups is 1. The summed E-state index contributed by atoms with van der Waals surface area (Å²) in [5.41, 5.74) is 1.08. The predicted molar refractivity (Wildman–Crippen MR) is 58.5 cm³/mol. The smallest absolute Gasteiger partial charge is 0.313 e. The quantitative estimate of drug-likeness (QED) is 0.750. The summed E-state index contributed by atoms with van der Waals surface area (Å²) in [5, 5.41) is 18.4. The Labute approximate surface area is 90.1 Å². The fraction of sp³-hybridized carbons (Fsp3) is 0.583. The van der Waals surface area contributed by atoms with E-state index in [0.29, 0.717) is 0 Å². The molecule has 0 aromatic rings. The van der Waals surface area contributed by atoms with Gasteiger partial charge in [0.25, 0.3) is 0 Å². The molecule has 0 spiro atoms. The fourth-order valence-electron chi connectivity index (χ4n) is 1.66. The van der Waals surface area contributed by atoms with Gasteiger partial charge in [-0.05, 0) is 39.2 Å². The Morgan fingerprint density at radius 3 is 2.33 bits per heavy atom. The molecule has 0 bridgehead atoms. The van der Waals surface area contributed by atoms with Crippen LogP contribution in [0.2, 0.25) is 0 Å². The van der Waals surface area contributed by atoms with Gasteiger partial charge in [-0.1, -0.05) is 17.7 Å². The minimum atomic E-state index is -0.805. The average Bonchev–Trinajstić information content (AvgIpc) is 2.17. The first-order chi connectivity index (χ1) is 6.85. The monoisotopic (exact) mass is 210 g/mol. The van der Waals surface area contributed by atoms with Crippen LogP contribution in [0.25, 0.3) is 0 Å². The van der Waals surface area contributed by atoms with E-state index in [0.717, 1.165) is 24.0 Å². The number of carboxylic acids is 1. The first-order valence-corrected chi connectivity index (χ1v) is 5.17. The summed E-state index contributed by atoms with van der Waals surface area (Å²) in [4.78, 5) is 11.0. The number of aliphatic hydroxyl groups is 1. The third-order valence-electron chi connectivity index (χ3n) is 3.06. The van der Waals surface area contributed by atoms with Gasteiger partial charge in [-0.25, -0.2) is 0 Å². The van der Waals surface area contributed by atoms with E-state index < -0.39 is 17.5 Å². The highest BCUT2D eigenvalue weighted by Crippen LogP contribution is 2.34. The van der Waals surface area contributed by atoms with Crippen molar-refractivity contribution in [2.24, 2.45) is 5.41 Å². The van der Waals surface area contributed by atoms with Crippen molar-refractivity contribution in [3.05, 3.63) is 23.3 Å². The lowest BCUT2D eigenvalue weighted by Crippen LogP contribution is -2.27. The van der Waals surface area contributed by atoms with E-state index in [-0.39, 0.29) is 0 Å². The van der Waals surface area contributed by atoms with E-state index in [4.69, 9.17) is 5.11 Å². The molecule has 0 saturated carbocycles. The van der Waals surface area contributed by atoms with Crippen LogP contribution < -0.4 is 0 Å². The SMILES string of the molecule is CC(O)C1=CC=C(C(C)(C)C(=O)O)CC1. The molecule has 15 heavy (non-hydrogen) atoms. The van der Waals surface area contributed by atoms with Gasteiger partial charge < -0.3 is 10.2 Å². The molecule has 0 amide bonds. The topological polar surface area (TPSA) is 57.5 Å². The molecule has 0 aliphatic heterocycles. The summed E-state index contributed by atoms with van der Waals surface area (Å²) in [7, 11) is 0. The number of rotatable bonds is 3. The van der Waals surface area contributed by atoms with Gasteiger partial charge in [0, 0.05) is 0 Å². The van der Waals surface area contributed by atoms with Crippen molar-refractivity contribution in [3.8, 4) is 0 Å². The van der Waals surface area contributed by atoms with Gasteiger partial charge in [0.1, 0.15) is 0 Å². The van der Waals surface area contributed by atoms with Crippen molar-refractivity contribution in [2.75, 3.05) is 0 Å². The molecule has 0 aromatic heterocycles. The standard InChI is InChI=1S/C12H18O3/c1-8(13)9-4-6-10(7-5-9)12(2,3)11(14)15/h4,6,8,13H,5,7H2,1-3H3,(H,14,15). The molecule has 3 heteroatoms. The van der Waals surface area contributed by atoms with Crippen LogP contribution in [0.5, 0.6) is 0 Å². The first-order valence-electron chi connectivity index (χ1n) is 5.17. The fourth-order valence-corrected chi connectivity index (χ4v) is 1.66. The van der Waals surface area contributed by atoms with Crippen LogP contribution in [0.1, 0.15) is 33.6 Å². The number of allylic oxidation sites excluding steroid dienone is 2. The zero-order valence-electron chi connectivity index (χ0n) is 9.45. The van der Waals surface area contributed by atoms with E-state index in [1.807, 2.05) is 12.2 Å². The molecule has 0 saturated heterocycles. The lowest BCUT2D eigenvalue weighted by atomic mass is 9.78. The van der Waals surface area contributed by atoms with Crippen LogP contribution in [-0.4, -0.2) is 22.3 Å². The van der Waals surface area contributed by atoms with Crippen molar-refractivity contribution in [1.29, 1.82) is 0 Å². The zero-order chi connectivity index (χ0) is 11.6. The second-order valence-corrected chi connectivity index (χ2v) is 4.54. The number of aliphatic carboxylic acids is 1. The van der Waals surface area contributed by atoms with Crippen LogP contribution in [-0.2, 0) is 4.79 Å². The Kier molecular flexibility index (Phi) is 3.35. The largest absolute Gasteiger partial charge is 0.481 e. The van der Waals surface area contributed by atoms with Crippen molar-refractivity contribution in [3.63, 3.8) is 0 Å². The molecule has 0 aromatic carbocycles. The highest BCUT2D eigenvalue weighted by atomic mass is 16.4. The molecule has 1 aliphatic carbocycles.